The lowest BCUT2D eigenvalue weighted by Gasteiger charge is -2.36. The van der Waals surface area contributed by atoms with Crippen LogP contribution in [0.4, 0.5) is 11.4 Å². The average molecular weight is 425 g/mol. The third kappa shape index (κ3) is 6.63. The van der Waals surface area contributed by atoms with Gasteiger partial charge in [0.2, 0.25) is 11.8 Å². The first kappa shape index (κ1) is 22.4. The highest BCUT2D eigenvalue weighted by atomic mass is 35.5. The topological polar surface area (TPSA) is 64.7 Å². The van der Waals surface area contributed by atoms with E-state index in [0.717, 1.165) is 43.7 Å². The molecular weight excluding hydrogens is 396 g/mol. The van der Waals surface area contributed by atoms with E-state index >= 15 is 0 Å². The van der Waals surface area contributed by atoms with Crippen LogP contribution in [0, 0.1) is 0 Å². The molecule has 0 unspecified atom stereocenters. The minimum Gasteiger partial charge on any atom is -0.367 e. The number of piperazine rings is 1. The van der Waals surface area contributed by atoms with Crippen molar-refractivity contribution < 1.29 is 9.59 Å². The van der Waals surface area contributed by atoms with Crippen LogP contribution in [-0.2, 0) is 9.59 Å². The van der Waals surface area contributed by atoms with Crippen molar-refractivity contribution in [2.75, 3.05) is 36.4 Å². The normalized spacial score (nSPS) is 14.0. The van der Waals surface area contributed by atoms with Gasteiger partial charge in [0.05, 0.1) is 10.7 Å². The van der Waals surface area contributed by atoms with Crippen molar-refractivity contribution in [2.45, 2.75) is 46.0 Å². The molecule has 6 nitrogen and oxygen atoms in total. The van der Waals surface area contributed by atoms with Gasteiger partial charge in [-0.3, -0.25) is 9.59 Å². The third-order valence-corrected chi connectivity index (χ3v) is 5.16. The van der Waals surface area contributed by atoms with Gasteiger partial charge in [-0.2, -0.15) is 0 Å². The first-order chi connectivity index (χ1) is 13.4. The molecule has 2 rings (SSSR count). The number of anilines is 2. The lowest BCUT2D eigenvalue weighted by molar-refractivity contribution is -0.131. The molecule has 154 valence electrons. The van der Waals surface area contributed by atoms with Crippen LogP contribution in [-0.4, -0.2) is 48.0 Å². The minimum atomic E-state index is -0.0856. The summed E-state index contributed by atoms with van der Waals surface area (Å²) in [5.74, 6) is 0.139. The van der Waals surface area contributed by atoms with Gasteiger partial charge in [0.1, 0.15) is 0 Å². The second kappa shape index (κ2) is 11.2. The summed E-state index contributed by atoms with van der Waals surface area (Å²) in [5, 5.41) is 6.56. The van der Waals surface area contributed by atoms with Gasteiger partial charge < -0.3 is 20.4 Å². The lowest BCUT2D eigenvalue weighted by Crippen LogP contribution is -2.48. The van der Waals surface area contributed by atoms with E-state index in [9.17, 15) is 9.59 Å². The highest BCUT2D eigenvalue weighted by Gasteiger charge is 2.22. The van der Waals surface area contributed by atoms with Gasteiger partial charge in [-0.1, -0.05) is 31.9 Å². The van der Waals surface area contributed by atoms with E-state index in [2.05, 4.69) is 15.5 Å². The maximum atomic E-state index is 12.0. The number of rotatable bonds is 7. The van der Waals surface area contributed by atoms with E-state index in [0.29, 0.717) is 31.0 Å². The second-order valence-corrected chi connectivity index (χ2v) is 7.71. The summed E-state index contributed by atoms with van der Waals surface area (Å²) in [4.78, 5) is 27.9. The number of unbranched alkanes of at least 4 members (excludes halogenated alkanes) is 1. The number of halogens is 1. The van der Waals surface area contributed by atoms with E-state index in [1.54, 1.807) is 6.07 Å². The van der Waals surface area contributed by atoms with Crippen molar-refractivity contribution in [2.24, 2.45) is 0 Å². The van der Waals surface area contributed by atoms with E-state index in [4.69, 9.17) is 23.8 Å². The zero-order valence-corrected chi connectivity index (χ0v) is 18.2. The van der Waals surface area contributed by atoms with Crippen LogP contribution in [0.5, 0.6) is 0 Å². The smallest absolute Gasteiger partial charge is 0.226 e. The molecule has 8 heteroatoms. The largest absolute Gasteiger partial charge is 0.367 e. The van der Waals surface area contributed by atoms with Crippen molar-refractivity contribution in [3.63, 3.8) is 0 Å². The number of carbonyl (C=O) groups is 2. The summed E-state index contributed by atoms with van der Waals surface area (Å²) in [6.07, 6.45) is 3.75. The highest BCUT2D eigenvalue weighted by molar-refractivity contribution is 7.80. The molecule has 2 amide bonds. The number of nitrogens with zero attached hydrogens (tertiary/aromatic N) is 2. The molecule has 0 saturated carbocycles. The summed E-state index contributed by atoms with van der Waals surface area (Å²) in [6, 6.07) is 5.63. The Morgan fingerprint density at radius 3 is 2.43 bits per heavy atom. The number of carbonyl (C=O) groups excluding carboxylic acids is 2. The Hall–Kier alpha value is -1.86. The molecule has 28 heavy (non-hydrogen) atoms. The zero-order chi connectivity index (χ0) is 20.5. The number of benzene rings is 1. The zero-order valence-electron chi connectivity index (χ0n) is 16.6. The van der Waals surface area contributed by atoms with Gasteiger partial charge in [0.15, 0.2) is 5.11 Å². The Labute approximate surface area is 177 Å². The Balaban J connectivity index is 1.89. The van der Waals surface area contributed by atoms with E-state index in [1.165, 1.54) is 0 Å². The molecule has 1 aliphatic rings. The Morgan fingerprint density at radius 1 is 1.11 bits per heavy atom. The van der Waals surface area contributed by atoms with Crippen molar-refractivity contribution in [3.8, 4) is 0 Å². The Bertz CT molecular complexity index is 705. The van der Waals surface area contributed by atoms with Gasteiger partial charge in [-0.25, -0.2) is 0 Å². The number of hydrogen-bond donors (Lipinski definition) is 2. The van der Waals surface area contributed by atoms with Crippen LogP contribution in [0.1, 0.15) is 46.0 Å². The minimum absolute atomic E-state index is 0.0856. The molecule has 1 aromatic carbocycles. The summed E-state index contributed by atoms with van der Waals surface area (Å²) in [6.45, 7) is 7.00. The van der Waals surface area contributed by atoms with Crippen LogP contribution in [0.2, 0.25) is 5.02 Å². The Morgan fingerprint density at radius 2 is 1.82 bits per heavy atom. The number of hydrogen-bond acceptors (Lipinski definition) is 4. The van der Waals surface area contributed by atoms with Crippen molar-refractivity contribution in [1.82, 2.24) is 10.2 Å². The molecule has 0 aliphatic carbocycles. The fourth-order valence-corrected chi connectivity index (χ4v) is 3.63. The Kier molecular flexibility index (Phi) is 8.99. The summed E-state index contributed by atoms with van der Waals surface area (Å²) >= 11 is 11.7. The maximum absolute atomic E-state index is 12.0. The third-order valence-electron chi connectivity index (χ3n) is 4.65. The molecule has 2 N–H and O–H groups in total. The van der Waals surface area contributed by atoms with E-state index in [-0.39, 0.29) is 16.9 Å². The first-order valence-electron chi connectivity index (χ1n) is 9.87. The molecule has 0 spiro atoms. The molecule has 1 fully saturated rings. The van der Waals surface area contributed by atoms with E-state index < -0.39 is 0 Å². The standard InChI is InChI=1S/C20H29ClN4O2S/c1-3-5-7-18(26)23-20(28)22-15-8-9-17(16(21)14-15)24-10-12-25(13-11-24)19(27)6-4-2/h8-9,14H,3-7,10-13H2,1-2H3,(H2,22,23,26,28). The highest BCUT2D eigenvalue weighted by Crippen LogP contribution is 2.29. The van der Waals surface area contributed by atoms with Gasteiger partial charge >= 0.3 is 0 Å². The number of nitrogens with one attached hydrogen (secondary N) is 2. The predicted molar refractivity (Wildman–Crippen MR) is 119 cm³/mol. The quantitative estimate of drug-likeness (QED) is 0.652. The fourth-order valence-electron chi connectivity index (χ4n) is 3.10. The van der Waals surface area contributed by atoms with Crippen molar-refractivity contribution >= 4 is 52.1 Å². The van der Waals surface area contributed by atoms with E-state index in [1.807, 2.05) is 30.9 Å². The maximum Gasteiger partial charge on any atom is 0.226 e. The van der Waals surface area contributed by atoms with Crippen LogP contribution in [0.25, 0.3) is 0 Å². The van der Waals surface area contributed by atoms with Crippen LogP contribution in [0.3, 0.4) is 0 Å². The van der Waals surface area contributed by atoms with Crippen LogP contribution >= 0.6 is 23.8 Å². The number of thiocarbonyl (C=S) groups is 1. The lowest BCUT2D eigenvalue weighted by atomic mass is 10.2. The van der Waals surface area contributed by atoms with Gasteiger partial charge in [0, 0.05) is 44.7 Å². The van der Waals surface area contributed by atoms with Gasteiger partial charge in [-0.05, 0) is 43.3 Å². The molecule has 0 bridgehead atoms. The first-order valence-corrected chi connectivity index (χ1v) is 10.7. The molecule has 1 saturated heterocycles. The average Bonchev–Trinajstić information content (AvgIpc) is 2.66. The summed E-state index contributed by atoms with van der Waals surface area (Å²) < 4.78 is 0. The fraction of sp³-hybridized carbons (Fsp3) is 0.550. The second-order valence-electron chi connectivity index (χ2n) is 6.89. The van der Waals surface area contributed by atoms with Crippen molar-refractivity contribution in [1.29, 1.82) is 0 Å². The molecule has 0 atom stereocenters. The summed E-state index contributed by atoms with van der Waals surface area (Å²) in [7, 11) is 0. The molecule has 1 heterocycles. The molecule has 1 aromatic rings. The van der Waals surface area contributed by atoms with Crippen molar-refractivity contribution in [3.05, 3.63) is 23.2 Å². The molecule has 0 radical (unpaired) electrons. The van der Waals surface area contributed by atoms with Gasteiger partial charge in [-0.15, -0.1) is 0 Å². The predicted octanol–water partition coefficient (Wildman–Crippen LogP) is 3.79. The van der Waals surface area contributed by atoms with Crippen LogP contribution in [0.15, 0.2) is 18.2 Å². The summed E-state index contributed by atoms with van der Waals surface area (Å²) in [5.41, 5.74) is 1.67. The molecule has 0 aromatic heterocycles. The number of amides is 2. The monoisotopic (exact) mass is 424 g/mol. The van der Waals surface area contributed by atoms with Crippen LogP contribution < -0.4 is 15.5 Å². The SMILES string of the molecule is CCCCC(=O)NC(=S)Nc1ccc(N2CCN(C(=O)CCC)CC2)c(Cl)c1. The molecule has 1 aliphatic heterocycles. The van der Waals surface area contributed by atoms with Gasteiger partial charge in [0.25, 0.3) is 0 Å². The molecular formula is C20H29ClN4O2S.